The molecule has 1 aliphatic carbocycles. The van der Waals surface area contributed by atoms with Gasteiger partial charge in [-0.3, -0.25) is 0 Å². The molecule has 27 heavy (non-hydrogen) atoms. The number of rotatable bonds is 5. The van der Waals surface area contributed by atoms with Crippen LogP contribution in [-0.2, 0) is 6.42 Å². The van der Waals surface area contributed by atoms with Crippen molar-refractivity contribution in [2.24, 2.45) is 0 Å². The lowest BCUT2D eigenvalue weighted by molar-refractivity contribution is -0.0112. The summed E-state index contributed by atoms with van der Waals surface area (Å²) in [5, 5.41) is 0.540. The van der Waals surface area contributed by atoms with Gasteiger partial charge in [-0.05, 0) is 59.4 Å². The molecule has 0 unspecified atom stereocenters. The van der Waals surface area contributed by atoms with Gasteiger partial charge in [0.05, 0.1) is 0 Å². The Morgan fingerprint density at radius 1 is 1.07 bits per heavy atom. The summed E-state index contributed by atoms with van der Waals surface area (Å²) >= 11 is 5.89. The molecular formula is C21H19ClF4O. The molecule has 6 heteroatoms. The Bertz CT molecular complexity index is 836. The molecule has 0 spiro atoms. The Hall–Kier alpha value is -2.01. The van der Waals surface area contributed by atoms with Gasteiger partial charge in [0.1, 0.15) is 6.61 Å². The molecule has 1 nitrogen and oxygen atoms in total. The lowest BCUT2D eigenvalue weighted by Crippen LogP contribution is -2.24. The second kappa shape index (κ2) is 7.93. The molecule has 0 atom stereocenters. The van der Waals surface area contributed by atoms with Crippen LogP contribution in [0.1, 0.15) is 37.3 Å². The summed E-state index contributed by atoms with van der Waals surface area (Å²) in [6, 6.07) is 9.25. The number of hydrogen-bond donors (Lipinski definition) is 0. The molecule has 144 valence electrons. The van der Waals surface area contributed by atoms with E-state index in [1.54, 1.807) is 31.2 Å². The van der Waals surface area contributed by atoms with Crippen LogP contribution in [0.15, 0.2) is 42.0 Å². The number of allylic oxidation sites excluding steroid dienone is 1. The molecule has 0 saturated carbocycles. The van der Waals surface area contributed by atoms with E-state index in [2.05, 4.69) is 0 Å². The normalized spacial score (nSPS) is 16.5. The summed E-state index contributed by atoms with van der Waals surface area (Å²) in [7, 11) is 0. The number of halogens is 5. The molecule has 1 aliphatic rings. The van der Waals surface area contributed by atoms with Gasteiger partial charge >= 0.3 is 0 Å². The number of ether oxygens (including phenoxy) is 1. The first-order valence-corrected chi connectivity index (χ1v) is 9.12. The van der Waals surface area contributed by atoms with E-state index in [0.717, 1.165) is 5.56 Å². The van der Waals surface area contributed by atoms with Crippen LogP contribution >= 0.6 is 11.6 Å². The van der Waals surface area contributed by atoms with Gasteiger partial charge in [0.2, 0.25) is 0 Å². The minimum absolute atomic E-state index is 0.160. The highest BCUT2D eigenvalue weighted by atomic mass is 35.5. The number of aryl methyl sites for hydroxylation is 1. The first-order chi connectivity index (χ1) is 12.8. The maximum Gasteiger partial charge on any atom is 0.252 e. The minimum atomic E-state index is -2.86. The highest BCUT2D eigenvalue weighted by molar-refractivity contribution is 6.30. The van der Waals surface area contributed by atoms with E-state index >= 15 is 0 Å². The van der Waals surface area contributed by atoms with E-state index in [-0.39, 0.29) is 19.4 Å². The SMILES string of the molecule is CCc1cc(F)c(OCC2=C(c3ccc(Cl)cc3)CCC(F)(F)C2)c(F)c1. The summed E-state index contributed by atoms with van der Waals surface area (Å²) in [5.74, 6) is -5.06. The third kappa shape index (κ3) is 4.64. The van der Waals surface area contributed by atoms with Gasteiger partial charge in [-0.1, -0.05) is 30.7 Å². The number of benzene rings is 2. The monoisotopic (exact) mass is 398 g/mol. The molecule has 3 rings (SSSR count). The van der Waals surface area contributed by atoms with Gasteiger partial charge in [-0.2, -0.15) is 0 Å². The van der Waals surface area contributed by atoms with Gasteiger partial charge in [0, 0.05) is 17.9 Å². The van der Waals surface area contributed by atoms with Crippen molar-refractivity contribution in [1.29, 1.82) is 0 Å². The average molecular weight is 399 g/mol. The molecule has 2 aromatic carbocycles. The van der Waals surface area contributed by atoms with E-state index in [9.17, 15) is 17.6 Å². The van der Waals surface area contributed by atoms with E-state index in [0.29, 0.717) is 28.2 Å². The zero-order valence-corrected chi connectivity index (χ0v) is 15.6. The molecule has 0 aliphatic heterocycles. The smallest absolute Gasteiger partial charge is 0.252 e. The van der Waals surface area contributed by atoms with Crippen LogP contribution in [0, 0.1) is 11.6 Å². The number of hydrogen-bond acceptors (Lipinski definition) is 1. The van der Waals surface area contributed by atoms with Crippen LogP contribution in [0.4, 0.5) is 17.6 Å². The van der Waals surface area contributed by atoms with Crippen molar-refractivity contribution in [1.82, 2.24) is 0 Å². The highest BCUT2D eigenvalue weighted by Crippen LogP contribution is 2.41. The first kappa shape index (κ1) is 19.7. The summed E-state index contributed by atoms with van der Waals surface area (Å²) in [6.45, 7) is 1.48. The van der Waals surface area contributed by atoms with Crippen molar-refractivity contribution in [2.45, 2.75) is 38.5 Å². The van der Waals surface area contributed by atoms with Crippen LogP contribution in [-0.4, -0.2) is 12.5 Å². The third-order valence-electron chi connectivity index (χ3n) is 4.69. The number of alkyl halides is 2. The Morgan fingerprint density at radius 3 is 2.30 bits per heavy atom. The van der Waals surface area contributed by atoms with Crippen molar-refractivity contribution in [2.75, 3.05) is 6.61 Å². The first-order valence-electron chi connectivity index (χ1n) is 8.74. The van der Waals surface area contributed by atoms with Gasteiger partial charge < -0.3 is 4.74 Å². The Morgan fingerprint density at radius 2 is 1.70 bits per heavy atom. The van der Waals surface area contributed by atoms with Crippen molar-refractivity contribution in [3.8, 4) is 5.75 Å². The lowest BCUT2D eigenvalue weighted by Gasteiger charge is -2.27. The molecule has 0 bridgehead atoms. The fourth-order valence-electron chi connectivity index (χ4n) is 3.24. The maximum atomic E-state index is 14.1. The van der Waals surface area contributed by atoms with Crippen molar-refractivity contribution in [3.05, 3.63) is 69.8 Å². The Balaban J connectivity index is 1.90. The molecule has 0 saturated heterocycles. The van der Waals surface area contributed by atoms with Crippen molar-refractivity contribution in [3.63, 3.8) is 0 Å². The highest BCUT2D eigenvalue weighted by Gasteiger charge is 2.36. The van der Waals surface area contributed by atoms with E-state index in [1.807, 2.05) is 0 Å². The molecule has 0 N–H and O–H groups in total. The van der Waals surface area contributed by atoms with E-state index < -0.39 is 29.7 Å². The topological polar surface area (TPSA) is 9.23 Å². The summed E-state index contributed by atoms with van der Waals surface area (Å²) in [5.41, 5.74) is 2.31. The predicted molar refractivity (Wildman–Crippen MR) is 98.4 cm³/mol. The molecular weight excluding hydrogens is 380 g/mol. The fraction of sp³-hybridized carbons (Fsp3) is 0.333. The van der Waals surface area contributed by atoms with Gasteiger partial charge in [0.15, 0.2) is 17.4 Å². The quantitative estimate of drug-likeness (QED) is 0.501. The van der Waals surface area contributed by atoms with Crippen molar-refractivity contribution < 1.29 is 22.3 Å². The molecule has 0 fully saturated rings. The summed E-state index contributed by atoms with van der Waals surface area (Å²) in [6.07, 6.45) is -0.136. The van der Waals surface area contributed by atoms with Gasteiger partial charge in [0.25, 0.3) is 5.92 Å². The molecule has 0 radical (unpaired) electrons. The Kier molecular flexibility index (Phi) is 5.80. The van der Waals surface area contributed by atoms with Crippen LogP contribution in [0.25, 0.3) is 5.57 Å². The van der Waals surface area contributed by atoms with Crippen LogP contribution in [0.5, 0.6) is 5.75 Å². The maximum absolute atomic E-state index is 14.1. The zero-order valence-electron chi connectivity index (χ0n) is 14.8. The molecule has 0 aromatic heterocycles. The second-order valence-electron chi connectivity index (χ2n) is 6.65. The summed E-state index contributed by atoms with van der Waals surface area (Å²) < 4.78 is 61.4. The predicted octanol–water partition coefficient (Wildman–Crippen LogP) is 6.83. The largest absolute Gasteiger partial charge is 0.483 e. The van der Waals surface area contributed by atoms with E-state index in [1.165, 1.54) is 12.1 Å². The lowest BCUT2D eigenvalue weighted by atomic mass is 9.85. The molecule has 0 amide bonds. The van der Waals surface area contributed by atoms with Crippen LogP contribution in [0.2, 0.25) is 5.02 Å². The van der Waals surface area contributed by atoms with Gasteiger partial charge in [-0.25, -0.2) is 17.6 Å². The third-order valence-corrected chi connectivity index (χ3v) is 4.94. The average Bonchev–Trinajstić information content (AvgIpc) is 2.61. The van der Waals surface area contributed by atoms with Crippen LogP contribution < -0.4 is 4.74 Å². The van der Waals surface area contributed by atoms with E-state index in [4.69, 9.17) is 16.3 Å². The standard InChI is InChI=1S/C21H19ClF4O/c1-2-13-9-18(23)20(19(24)10-13)27-12-15-11-21(25,26)8-7-17(15)14-3-5-16(22)6-4-14/h3-6,9-10H,2,7-8,11-12H2,1H3. The Labute approximate surface area is 160 Å². The second-order valence-corrected chi connectivity index (χ2v) is 7.09. The summed E-state index contributed by atoms with van der Waals surface area (Å²) in [4.78, 5) is 0. The van der Waals surface area contributed by atoms with Gasteiger partial charge in [-0.15, -0.1) is 0 Å². The fourth-order valence-corrected chi connectivity index (χ4v) is 3.37. The minimum Gasteiger partial charge on any atom is -0.483 e. The zero-order chi connectivity index (χ0) is 19.6. The molecule has 2 aromatic rings. The molecule has 0 heterocycles. The van der Waals surface area contributed by atoms with Crippen molar-refractivity contribution >= 4 is 17.2 Å². The van der Waals surface area contributed by atoms with Crippen LogP contribution in [0.3, 0.4) is 0 Å².